The van der Waals surface area contributed by atoms with Crippen molar-refractivity contribution >= 4 is 17.6 Å². The van der Waals surface area contributed by atoms with Crippen LogP contribution in [0.4, 0.5) is 9.18 Å². The predicted molar refractivity (Wildman–Crippen MR) is 77.2 cm³/mol. The molecule has 20 heavy (non-hydrogen) atoms. The number of amides is 2. The van der Waals surface area contributed by atoms with Gasteiger partial charge in [0, 0.05) is 6.54 Å². The molecule has 1 rings (SSSR count). The van der Waals surface area contributed by atoms with Gasteiger partial charge in [0.05, 0.1) is 17.2 Å². The average molecular weight is 303 g/mol. The van der Waals surface area contributed by atoms with Crippen LogP contribution in [0.5, 0.6) is 0 Å². The Morgan fingerprint density at radius 2 is 2.20 bits per heavy atom. The van der Waals surface area contributed by atoms with E-state index in [0.29, 0.717) is 12.0 Å². The highest BCUT2D eigenvalue weighted by Crippen LogP contribution is 2.16. The molecule has 0 radical (unpaired) electrons. The molecule has 3 N–H and O–H groups in total. The van der Waals surface area contributed by atoms with Gasteiger partial charge in [0.2, 0.25) is 0 Å². The number of benzene rings is 1. The zero-order valence-electron chi connectivity index (χ0n) is 11.7. The van der Waals surface area contributed by atoms with E-state index in [2.05, 4.69) is 10.6 Å². The van der Waals surface area contributed by atoms with E-state index in [0.717, 1.165) is 6.42 Å². The van der Waals surface area contributed by atoms with Gasteiger partial charge in [0.15, 0.2) is 0 Å². The SMILES string of the molecule is CCCC(C)(CO)NC(=O)NCc1ccc(F)c(Cl)c1. The highest BCUT2D eigenvalue weighted by molar-refractivity contribution is 6.30. The van der Waals surface area contributed by atoms with E-state index >= 15 is 0 Å². The van der Waals surface area contributed by atoms with E-state index in [1.165, 1.54) is 12.1 Å². The minimum Gasteiger partial charge on any atom is -0.394 e. The van der Waals surface area contributed by atoms with Crippen LogP contribution in [0.3, 0.4) is 0 Å². The molecule has 0 fully saturated rings. The monoisotopic (exact) mass is 302 g/mol. The Morgan fingerprint density at radius 1 is 1.50 bits per heavy atom. The summed E-state index contributed by atoms with van der Waals surface area (Å²) in [6.45, 7) is 3.87. The molecule has 1 atom stereocenters. The number of urea groups is 1. The van der Waals surface area contributed by atoms with E-state index in [1.54, 1.807) is 13.0 Å². The van der Waals surface area contributed by atoms with Gasteiger partial charge < -0.3 is 15.7 Å². The van der Waals surface area contributed by atoms with Crippen molar-refractivity contribution in [1.82, 2.24) is 10.6 Å². The molecular weight excluding hydrogens is 283 g/mol. The molecule has 0 saturated carbocycles. The Labute approximate surface area is 123 Å². The first-order valence-corrected chi connectivity index (χ1v) is 6.89. The Kier molecular flexibility index (Phi) is 6.23. The molecule has 112 valence electrons. The lowest BCUT2D eigenvalue weighted by Gasteiger charge is -2.28. The average Bonchev–Trinajstić information content (AvgIpc) is 2.40. The van der Waals surface area contributed by atoms with Crippen molar-refractivity contribution < 1.29 is 14.3 Å². The quantitative estimate of drug-likeness (QED) is 0.757. The minimum atomic E-state index is -0.640. The van der Waals surface area contributed by atoms with Crippen molar-refractivity contribution in [3.05, 3.63) is 34.6 Å². The Bertz CT molecular complexity index is 470. The number of halogens is 2. The first-order valence-electron chi connectivity index (χ1n) is 6.51. The molecule has 0 aliphatic heterocycles. The van der Waals surface area contributed by atoms with Gasteiger partial charge in [-0.25, -0.2) is 9.18 Å². The molecule has 0 aromatic heterocycles. The summed E-state index contributed by atoms with van der Waals surface area (Å²) in [5.74, 6) is -0.490. The molecule has 1 aromatic rings. The minimum absolute atomic E-state index is 0.0240. The van der Waals surface area contributed by atoms with E-state index in [1.807, 2.05) is 6.92 Å². The second-order valence-corrected chi connectivity index (χ2v) is 5.43. The summed E-state index contributed by atoms with van der Waals surface area (Å²) in [4.78, 5) is 11.8. The normalized spacial score (nSPS) is 13.7. The van der Waals surface area contributed by atoms with E-state index in [-0.39, 0.29) is 24.2 Å². The highest BCUT2D eigenvalue weighted by atomic mass is 35.5. The molecule has 0 aliphatic carbocycles. The summed E-state index contributed by atoms with van der Waals surface area (Å²) in [5.41, 5.74) is 0.0620. The summed E-state index contributed by atoms with van der Waals surface area (Å²) in [7, 11) is 0. The van der Waals surface area contributed by atoms with Gasteiger partial charge in [-0.05, 0) is 31.0 Å². The standard InChI is InChI=1S/C14H20ClFN2O2/c1-3-6-14(2,9-19)18-13(20)17-8-10-4-5-12(16)11(15)7-10/h4-5,7,19H,3,6,8-9H2,1-2H3,(H2,17,18,20). The lowest BCUT2D eigenvalue weighted by molar-refractivity contribution is 0.163. The van der Waals surface area contributed by atoms with Gasteiger partial charge in [-0.15, -0.1) is 0 Å². The smallest absolute Gasteiger partial charge is 0.315 e. The van der Waals surface area contributed by atoms with Gasteiger partial charge in [-0.1, -0.05) is 31.0 Å². The first kappa shape index (κ1) is 16.7. The number of nitrogens with one attached hydrogen (secondary N) is 2. The molecule has 0 spiro atoms. The third-order valence-electron chi connectivity index (χ3n) is 3.00. The lowest BCUT2D eigenvalue weighted by atomic mass is 9.98. The van der Waals surface area contributed by atoms with Crippen LogP contribution >= 0.6 is 11.6 Å². The fourth-order valence-corrected chi connectivity index (χ4v) is 2.09. The summed E-state index contributed by atoms with van der Waals surface area (Å²) in [5, 5.41) is 14.7. The van der Waals surface area contributed by atoms with Crippen molar-refractivity contribution in [2.45, 2.75) is 38.8 Å². The van der Waals surface area contributed by atoms with Gasteiger partial charge in [0.25, 0.3) is 0 Å². The van der Waals surface area contributed by atoms with Crippen molar-refractivity contribution in [2.24, 2.45) is 0 Å². The van der Waals surface area contributed by atoms with Crippen molar-refractivity contribution in [2.75, 3.05) is 6.61 Å². The maximum atomic E-state index is 13.0. The van der Waals surface area contributed by atoms with Crippen LogP contribution in [0.25, 0.3) is 0 Å². The van der Waals surface area contributed by atoms with Crippen LogP contribution in [0.15, 0.2) is 18.2 Å². The maximum Gasteiger partial charge on any atom is 0.315 e. The summed E-state index contributed by atoms with van der Waals surface area (Å²) >= 11 is 5.66. The molecule has 0 bridgehead atoms. The number of hydrogen-bond donors (Lipinski definition) is 3. The number of carbonyl (C=O) groups is 1. The maximum absolute atomic E-state index is 13.0. The highest BCUT2D eigenvalue weighted by Gasteiger charge is 2.24. The summed E-state index contributed by atoms with van der Waals surface area (Å²) in [6.07, 6.45) is 1.53. The third-order valence-corrected chi connectivity index (χ3v) is 3.29. The fraction of sp³-hybridized carbons (Fsp3) is 0.500. The van der Waals surface area contributed by atoms with E-state index in [4.69, 9.17) is 11.6 Å². The van der Waals surface area contributed by atoms with Crippen LogP contribution in [0.1, 0.15) is 32.3 Å². The molecule has 4 nitrogen and oxygen atoms in total. The largest absolute Gasteiger partial charge is 0.394 e. The van der Waals surface area contributed by atoms with Crippen LogP contribution < -0.4 is 10.6 Å². The van der Waals surface area contributed by atoms with E-state index in [9.17, 15) is 14.3 Å². The zero-order valence-corrected chi connectivity index (χ0v) is 12.4. The Morgan fingerprint density at radius 3 is 2.75 bits per heavy atom. The predicted octanol–water partition coefficient (Wildman–Crippen LogP) is 2.83. The van der Waals surface area contributed by atoms with Gasteiger partial charge in [-0.2, -0.15) is 0 Å². The molecule has 0 heterocycles. The lowest BCUT2D eigenvalue weighted by Crippen LogP contribution is -2.52. The van der Waals surface area contributed by atoms with Gasteiger partial charge in [-0.3, -0.25) is 0 Å². The molecule has 1 unspecified atom stereocenters. The molecule has 0 saturated heterocycles. The number of aliphatic hydroxyl groups is 1. The molecule has 2 amide bonds. The van der Waals surface area contributed by atoms with Crippen LogP contribution in [-0.2, 0) is 6.54 Å². The molecule has 6 heteroatoms. The van der Waals surface area contributed by atoms with Crippen molar-refractivity contribution in [3.63, 3.8) is 0 Å². The number of rotatable bonds is 6. The summed E-state index contributed by atoms with van der Waals surface area (Å²) < 4.78 is 13.0. The third kappa shape index (κ3) is 4.98. The topological polar surface area (TPSA) is 61.4 Å². The van der Waals surface area contributed by atoms with Crippen LogP contribution in [-0.4, -0.2) is 23.3 Å². The second-order valence-electron chi connectivity index (χ2n) is 5.02. The molecule has 1 aromatic carbocycles. The zero-order chi connectivity index (χ0) is 15.2. The van der Waals surface area contributed by atoms with Crippen molar-refractivity contribution in [1.29, 1.82) is 0 Å². The van der Waals surface area contributed by atoms with Crippen molar-refractivity contribution in [3.8, 4) is 0 Å². The first-order chi connectivity index (χ1) is 9.40. The van der Waals surface area contributed by atoms with Gasteiger partial charge >= 0.3 is 6.03 Å². The Balaban J connectivity index is 2.52. The summed E-state index contributed by atoms with van der Waals surface area (Å²) in [6, 6.07) is 3.90. The number of carbonyl (C=O) groups excluding carboxylic acids is 1. The van der Waals surface area contributed by atoms with E-state index < -0.39 is 11.4 Å². The van der Waals surface area contributed by atoms with Crippen LogP contribution in [0.2, 0.25) is 5.02 Å². The number of aliphatic hydroxyl groups excluding tert-OH is 1. The molecule has 0 aliphatic rings. The number of hydrogen-bond acceptors (Lipinski definition) is 2. The van der Waals surface area contributed by atoms with Crippen LogP contribution in [0, 0.1) is 5.82 Å². The fourth-order valence-electron chi connectivity index (χ4n) is 1.88. The Hall–Kier alpha value is -1.33. The molecular formula is C14H20ClFN2O2. The second kappa shape index (κ2) is 7.45. The van der Waals surface area contributed by atoms with Gasteiger partial charge in [0.1, 0.15) is 5.82 Å².